The van der Waals surface area contributed by atoms with Crippen molar-refractivity contribution < 1.29 is 14.3 Å². The minimum atomic E-state index is -0.0516. The second-order valence-corrected chi connectivity index (χ2v) is 5.27. The summed E-state index contributed by atoms with van der Waals surface area (Å²) < 4.78 is 11.3. The van der Waals surface area contributed by atoms with Crippen LogP contribution >= 0.6 is 15.9 Å². The molecule has 21 heavy (non-hydrogen) atoms. The Bertz CT molecular complexity index is 638. The van der Waals surface area contributed by atoms with Crippen molar-refractivity contribution >= 4 is 27.8 Å². The molecule has 2 aromatic carbocycles. The zero-order chi connectivity index (χ0) is 15.2. The first-order valence-corrected chi connectivity index (χ1v) is 7.12. The van der Waals surface area contributed by atoms with E-state index in [4.69, 9.17) is 9.47 Å². The number of halogens is 1. The molecule has 0 radical (unpaired) electrons. The zero-order valence-electron chi connectivity index (χ0n) is 11.8. The Morgan fingerprint density at radius 1 is 1.00 bits per heavy atom. The Balaban J connectivity index is 2.20. The molecule has 0 heterocycles. The highest BCUT2D eigenvalue weighted by atomic mass is 79.9. The number of hydrogen-bond acceptors (Lipinski definition) is 3. The quantitative estimate of drug-likeness (QED) is 0.595. The van der Waals surface area contributed by atoms with E-state index in [0.29, 0.717) is 17.1 Å². The summed E-state index contributed by atoms with van der Waals surface area (Å²) >= 11 is 3.34. The van der Waals surface area contributed by atoms with Crippen molar-refractivity contribution in [3.63, 3.8) is 0 Å². The van der Waals surface area contributed by atoms with Crippen molar-refractivity contribution in [2.45, 2.75) is 0 Å². The Morgan fingerprint density at radius 3 is 2.10 bits per heavy atom. The number of ether oxygens (including phenoxy) is 2. The van der Waals surface area contributed by atoms with Gasteiger partial charge in [0.25, 0.3) is 0 Å². The van der Waals surface area contributed by atoms with Crippen LogP contribution in [-0.2, 0) is 0 Å². The van der Waals surface area contributed by atoms with Gasteiger partial charge in [-0.15, -0.1) is 0 Å². The molecule has 108 valence electrons. The monoisotopic (exact) mass is 346 g/mol. The third-order valence-electron chi connectivity index (χ3n) is 2.93. The van der Waals surface area contributed by atoms with E-state index in [-0.39, 0.29) is 5.78 Å². The molecule has 0 aliphatic carbocycles. The van der Waals surface area contributed by atoms with Crippen molar-refractivity contribution in [2.75, 3.05) is 14.2 Å². The van der Waals surface area contributed by atoms with Gasteiger partial charge in [0.1, 0.15) is 11.5 Å². The zero-order valence-corrected chi connectivity index (χ0v) is 13.4. The van der Waals surface area contributed by atoms with Crippen molar-refractivity contribution in [1.29, 1.82) is 0 Å². The van der Waals surface area contributed by atoms with Gasteiger partial charge in [-0.05, 0) is 48.0 Å². The highest BCUT2D eigenvalue weighted by Crippen LogP contribution is 2.23. The first-order valence-electron chi connectivity index (χ1n) is 6.33. The highest BCUT2D eigenvalue weighted by molar-refractivity contribution is 9.10. The van der Waals surface area contributed by atoms with E-state index in [2.05, 4.69) is 15.9 Å². The molecule has 0 saturated carbocycles. The lowest BCUT2D eigenvalue weighted by atomic mass is 10.1. The number of hydrogen-bond donors (Lipinski definition) is 0. The second kappa shape index (κ2) is 7.09. The van der Waals surface area contributed by atoms with Crippen molar-refractivity contribution in [3.8, 4) is 11.5 Å². The Kier molecular flexibility index (Phi) is 5.17. The van der Waals surface area contributed by atoms with Crippen molar-refractivity contribution in [1.82, 2.24) is 0 Å². The predicted molar refractivity (Wildman–Crippen MR) is 87.1 cm³/mol. The molecule has 0 aliphatic rings. The molecule has 3 nitrogen and oxygen atoms in total. The summed E-state index contributed by atoms with van der Waals surface area (Å²) in [6, 6.07) is 12.7. The molecule has 0 aromatic heterocycles. The first-order chi connectivity index (χ1) is 10.1. The van der Waals surface area contributed by atoms with E-state index in [9.17, 15) is 4.79 Å². The summed E-state index contributed by atoms with van der Waals surface area (Å²) in [7, 11) is 3.19. The molecule has 2 aromatic rings. The molecule has 0 amide bonds. The van der Waals surface area contributed by atoms with E-state index in [1.165, 1.54) is 6.08 Å². The number of methoxy groups -OCH3 is 2. The van der Waals surface area contributed by atoms with Gasteiger partial charge in [0.2, 0.25) is 0 Å². The molecule has 0 fully saturated rings. The highest BCUT2D eigenvalue weighted by Gasteiger charge is 2.03. The minimum Gasteiger partial charge on any atom is -0.497 e. The molecule has 0 N–H and O–H groups in total. The number of benzene rings is 2. The van der Waals surface area contributed by atoms with Crippen LogP contribution in [0.15, 0.2) is 53.0 Å². The summed E-state index contributed by atoms with van der Waals surface area (Å²) in [5.41, 5.74) is 1.49. The van der Waals surface area contributed by atoms with Crippen LogP contribution in [0.4, 0.5) is 0 Å². The Hall–Kier alpha value is -2.07. The smallest absolute Gasteiger partial charge is 0.185 e. The third-order valence-corrected chi connectivity index (χ3v) is 3.46. The van der Waals surface area contributed by atoms with Crippen molar-refractivity contribution in [2.24, 2.45) is 0 Å². The lowest BCUT2D eigenvalue weighted by molar-refractivity contribution is 0.104. The van der Waals surface area contributed by atoms with Gasteiger partial charge in [-0.25, -0.2) is 0 Å². The summed E-state index contributed by atoms with van der Waals surface area (Å²) in [5, 5.41) is 0. The fraction of sp³-hybridized carbons (Fsp3) is 0.118. The van der Waals surface area contributed by atoms with E-state index in [0.717, 1.165) is 10.0 Å². The van der Waals surface area contributed by atoms with Gasteiger partial charge in [0.15, 0.2) is 5.78 Å². The maximum absolute atomic E-state index is 12.1. The van der Waals surface area contributed by atoms with Gasteiger partial charge >= 0.3 is 0 Å². The van der Waals surface area contributed by atoms with E-state index >= 15 is 0 Å². The van der Waals surface area contributed by atoms with Gasteiger partial charge in [-0.1, -0.05) is 22.0 Å². The van der Waals surface area contributed by atoms with Crippen LogP contribution in [0.5, 0.6) is 11.5 Å². The molecule has 4 heteroatoms. The van der Waals surface area contributed by atoms with Gasteiger partial charge < -0.3 is 9.47 Å². The maximum Gasteiger partial charge on any atom is 0.185 e. The summed E-state index contributed by atoms with van der Waals surface area (Å²) in [4.78, 5) is 12.1. The van der Waals surface area contributed by atoms with Gasteiger partial charge in [0.05, 0.1) is 14.2 Å². The molecular weight excluding hydrogens is 332 g/mol. The minimum absolute atomic E-state index is 0.0516. The molecule has 0 spiro atoms. The number of carbonyl (C=O) groups is 1. The molecule has 0 unspecified atom stereocenters. The molecule has 0 atom stereocenters. The summed E-state index contributed by atoms with van der Waals surface area (Å²) in [5.74, 6) is 1.32. The molecule has 0 aliphatic heterocycles. The molecule has 2 rings (SSSR count). The molecule has 0 bridgehead atoms. The lowest BCUT2D eigenvalue weighted by Crippen LogP contribution is -1.93. The van der Waals surface area contributed by atoms with Crippen LogP contribution in [0.3, 0.4) is 0 Å². The average molecular weight is 347 g/mol. The fourth-order valence-electron chi connectivity index (χ4n) is 1.81. The van der Waals surface area contributed by atoms with Gasteiger partial charge in [0, 0.05) is 16.1 Å². The van der Waals surface area contributed by atoms with Crippen LogP contribution in [0.2, 0.25) is 0 Å². The summed E-state index contributed by atoms with van der Waals surface area (Å²) in [6.07, 6.45) is 3.28. The van der Waals surface area contributed by atoms with Crippen LogP contribution < -0.4 is 9.47 Å². The normalized spacial score (nSPS) is 10.6. The lowest BCUT2D eigenvalue weighted by Gasteiger charge is -2.05. The average Bonchev–Trinajstić information content (AvgIpc) is 2.52. The Morgan fingerprint density at radius 2 is 1.57 bits per heavy atom. The SMILES string of the molecule is COc1cc(C=CC(=O)c2ccc(Br)cc2)cc(OC)c1. The van der Waals surface area contributed by atoms with E-state index in [1.807, 2.05) is 24.3 Å². The number of allylic oxidation sites excluding steroid dienone is 1. The second-order valence-electron chi connectivity index (χ2n) is 4.35. The van der Waals surface area contributed by atoms with Gasteiger partial charge in [-0.2, -0.15) is 0 Å². The van der Waals surface area contributed by atoms with Crippen LogP contribution in [-0.4, -0.2) is 20.0 Å². The Labute approximate surface area is 132 Å². The molecule has 0 saturated heterocycles. The number of carbonyl (C=O) groups excluding carboxylic acids is 1. The first kappa shape index (κ1) is 15.3. The number of rotatable bonds is 5. The van der Waals surface area contributed by atoms with Crippen molar-refractivity contribution in [3.05, 3.63) is 64.1 Å². The van der Waals surface area contributed by atoms with E-state index in [1.54, 1.807) is 38.5 Å². The predicted octanol–water partition coefficient (Wildman–Crippen LogP) is 4.36. The van der Waals surface area contributed by atoms with Crippen LogP contribution in [0, 0.1) is 0 Å². The van der Waals surface area contributed by atoms with E-state index < -0.39 is 0 Å². The van der Waals surface area contributed by atoms with Gasteiger partial charge in [-0.3, -0.25) is 4.79 Å². The summed E-state index contributed by atoms with van der Waals surface area (Å²) in [6.45, 7) is 0. The largest absolute Gasteiger partial charge is 0.497 e. The third kappa shape index (κ3) is 4.20. The van der Waals surface area contributed by atoms with Crippen LogP contribution in [0.25, 0.3) is 6.08 Å². The number of ketones is 1. The standard InChI is InChI=1S/C17H15BrO3/c1-20-15-9-12(10-16(11-15)21-2)3-8-17(19)13-4-6-14(18)7-5-13/h3-11H,1-2H3. The van der Waals surface area contributed by atoms with Crippen LogP contribution in [0.1, 0.15) is 15.9 Å². The maximum atomic E-state index is 12.1. The molecular formula is C17H15BrO3. The fourth-order valence-corrected chi connectivity index (χ4v) is 2.07. The topological polar surface area (TPSA) is 35.5 Å².